The molecule has 0 bridgehead atoms. The van der Waals surface area contributed by atoms with E-state index in [1.165, 1.54) is 18.3 Å². The van der Waals surface area contributed by atoms with Gasteiger partial charge in [-0.05, 0) is 37.1 Å². The van der Waals surface area contributed by atoms with Crippen molar-refractivity contribution in [3.8, 4) is 11.3 Å². The lowest BCUT2D eigenvalue weighted by atomic mass is 9.97. The van der Waals surface area contributed by atoms with Crippen molar-refractivity contribution in [3.63, 3.8) is 0 Å². The zero-order valence-electron chi connectivity index (χ0n) is 12.3. The van der Waals surface area contributed by atoms with Gasteiger partial charge < -0.3 is 10.0 Å². The molecule has 0 saturated carbocycles. The molecule has 1 atom stereocenters. The molecule has 1 aliphatic rings. The third kappa shape index (κ3) is 3.08. The average molecular weight is 317 g/mol. The van der Waals surface area contributed by atoms with Gasteiger partial charge >= 0.3 is 5.97 Å². The first-order valence-electron chi connectivity index (χ1n) is 7.37. The topological polar surface area (TPSA) is 86.3 Å². The van der Waals surface area contributed by atoms with E-state index >= 15 is 0 Å². The SMILES string of the molecule is O=C(O)[C@H]1CCCN(C(=O)c2cn[nH]c2-c2ccc(F)cc2)C1. The van der Waals surface area contributed by atoms with Crippen molar-refractivity contribution >= 4 is 11.9 Å². The Morgan fingerprint density at radius 1 is 1.30 bits per heavy atom. The number of aromatic nitrogens is 2. The highest BCUT2D eigenvalue weighted by atomic mass is 19.1. The van der Waals surface area contributed by atoms with Crippen LogP contribution in [0.3, 0.4) is 0 Å². The fraction of sp³-hybridized carbons (Fsp3) is 0.312. The first kappa shape index (κ1) is 15.2. The Balaban J connectivity index is 1.85. The van der Waals surface area contributed by atoms with Crippen LogP contribution in [-0.2, 0) is 4.79 Å². The van der Waals surface area contributed by atoms with Crippen molar-refractivity contribution < 1.29 is 19.1 Å². The maximum Gasteiger partial charge on any atom is 0.308 e. The summed E-state index contributed by atoms with van der Waals surface area (Å²) in [5.41, 5.74) is 1.52. The molecule has 120 valence electrons. The van der Waals surface area contributed by atoms with E-state index in [4.69, 9.17) is 5.11 Å². The summed E-state index contributed by atoms with van der Waals surface area (Å²) in [6.45, 7) is 0.721. The van der Waals surface area contributed by atoms with Crippen LogP contribution in [0.25, 0.3) is 11.3 Å². The van der Waals surface area contributed by atoms with Crippen LogP contribution in [0.5, 0.6) is 0 Å². The fourth-order valence-electron chi connectivity index (χ4n) is 2.82. The third-order valence-electron chi connectivity index (χ3n) is 4.06. The van der Waals surface area contributed by atoms with Crippen LogP contribution in [-0.4, -0.2) is 45.2 Å². The fourth-order valence-corrected chi connectivity index (χ4v) is 2.82. The van der Waals surface area contributed by atoms with Crippen LogP contribution in [0.15, 0.2) is 30.5 Å². The van der Waals surface area contributed by atoms with Crippen LogP contribution in [0, 0.1) is 11.7 Å². The van der Waals surface area contributed by atoms with Gasteiger partial charge in [-0.25, -0.2) is 4.39 Å². The molecule has 2 heterocycles. The van der Waals surface area contributed by atoms with E-state index in [2.05, 4.69) is 10.2 Å². The lowest BCUT2D eigenvalue weighted by Gasteiger charge is -2.30. The number of nitrogens with one attached hydrogen (secondary N) is 1. The highest BCUT2D eigenvalue weighted by Gasteiger charge is 2.30. The zero-order chi connectivity index (χ0) is 16.4. The van der Waals surface area contributed by atoms with Crippen molar-refractivity contribution in [1.82, 2.24) is 15.1 Å². The summed E-state index contributed by atoms with van der Waals surface area (Å²) in [4.78, 5) is 25.4. The maximum atomic E-state index is 13.0. The van der Waals surface area contributed by atoms with E-state index in [9.17, 15) is 14.0 Å². The van der Waals surface area contributed by atoms with Crippen molar-refractivity contribution in [2.75, 3.05) is 13.1 Å². The molecule has 1 aromatic carbocycles. The number of amides is 1. The van der Waals surface area contributed by atoms with Gasteiger partial charge in [0, 0.05) is 18.7 Å². The molecule has 0 unspecified atom stereocenters. The number of halogens is 1. The number of rotatable bonds is 3. The number of benzene rings is 1. The molecule has 7 heteroatoms. The Labute approximate surface area is 131 Å². The van der Waals surface area contributed by atoms with Gasteiger partial charge in [-0.3, -0.25) is 14.7 Å². The van der Waals surface area contributed by atoms with E-state index in [1.54, 1.807) is 17.0 Å². The van der Waals surface area contributed by atoms with Crippen molar-refractivity contribution in [3.05, 3.63) is 41.8 Å². The first-order chi connectivity index (χ1) is 11.1. The van der Waals surface area contributed by atoms with E-state index in [0.29, 0.717) is 36.2 Å². The number of hydrogen-bond acceptors (Lipinski definition) is 3. The van der Waals surface area contributed by atoms with Crippen molar-refractivity contribution in [2.45, 2.75) is 12.8 Å². The number of H-pyrrole nitrogens is 1. The molecule has 0 spiro atoms. The molecule has 0 aliphatic carbocycles. The molecule has 1 fully saturated rings. The summed E-state index contributed by atoms with van der Waals surface area (Å²) in [7, 11) is 0. The van der Waals surface area contributed by atoms with Crippen molar-refractivity contribution in [2.24, 2.45) is 5.92 Å². The summed E-state index contributed by atoms with van der Waals surface area (Å²) in [6.07, 6.45) is 2.66. The van der Waals surface area contributed by atoms with E-state index in [0.717, 1.165) is 0 Å². The van der Waals surface area contributed by atoms with E-state index in [1.807, 2.05) is 0 Å². The number of piperidine rings is 1. The standard InChI is InChI=1S/C16H16FN3O3/c17-12-5-3-10(4-6-12)14-13(8-18-19-14)15(21)20-7-1-2-11(9-20)16(22)23/h3-6,8,11H,1-2,7,9H2,(H,18,19)(H,22,23)/t11-/m0/s1. The van der Waals surface area contributed by atoms with Gasteiger partial charge in [0.2, 0.25) is 0 Å². The minimum atomic E-state index is -0.881. The highest BCUT2D eigenvalue weighted by Crippen LogP contribution is 2.25. The lowest BCUT2D eigenvalue weighted by molar-refractivity contribution is -0.143. The zero-order valence-corrected chi connectivity index (χ0v) is 12.3. The molecule has 1 aliphatic heterocycles. The minimum Gasteiger partial charge on any atom is -0.481 e. The molecule has 0 radical (unpaired) electrons. The number of aliphatic carboxylic acids is 1. The number of likely N-dealkylation sites (tertiary alicyclic amines) is 1. The second-order valence-corrected chi connectivity index (χ2v) is 5.59. The molecular formula is C16H16FN3O3. The van der Waals surface area contributed by atoms with Crippen LogP contribution >= 0.6 is 0 Å². The summed E-state index contributed by atoms with van der Waals surface area (Å²) in [6, 6.07) is 5.75. The predicted molar refractivity (Wildman–Crippen MR) is 80.2 cm³/mol. The van der Waals surface area contributed by atoms with Crippen LogP contribution < -0.4 is 0 Å². The predicted octanol–water partition coefficient (Wildman–Crippen LogP) is 2.15. The van der Waals surface area contributed by atoms with Gasteiger partial charge in [0.1, 0.15) is 5.82 Å². The Morgan fingerprint density at radius 2 is 2.04 bits per heavy atom. The molecule has 2 N–H and O–H groups in total. The average Bonchev–Trinajstić information content (AvgIpc) is 3.04. The van der Waals surface area contributed by atoms with Crippen LogP contribution in [0.2, 0.25) is 0 Å². The van der Waals surface area contributed by atoms with Crippen molar-refractivity contribution in [1.29, 1.82) is 0 Å². The normalized spacial score (nSPS) is 18.0. The first-order valence-corrected chi connectivity index (χ1v) is 7.37. The molecule has 23 heavy (non-hydrogen) atoms. The summed E-state index contributed by atoms with van der Waals surface area (Å²) in [5.74, 6) is -2.03. The van der Waals surface area contributed by atoms with Gasteiger partial charge in [-0.2, -0.15) is 5.10 Å². The van der Waals surface area contributed by atoms with Gasteiger partial charge in [0.15, 0.2) is 0 Å². The van der Waals surface area contributed by atoms with E-state index < -0.39 is 11.9 Å². The molecule has 1 aromatic heterocycles. The van der Waals surface area contributed by atoms with Gasteiger partial charge in [-0.1, -0.05) is 0 Å². The smallest absolute Gasteiger partial charge is 0.308 e. The second kappa shape index (κ2) is 6.20. The van der Waals surface area contributed by atoms with Crippen LogP contribution in [0.4, 0.5) is 4.39 Å². The van der Waals surface area contributed by atoms with Crippen LogP contribution in [0.1, 0.15) is 23.2 Å². The number of carbonyl (C=O) groups is 2. The monoisotopic (exact) mass is 317 g/mol. The second-order valence-electron chi connectivity index (χ2n) is 5.59. The van der Waals surface area contributed by atoms with E-state index in [-0.39, 0.29) is 18.3 Å². The minimum absolute atomic E-state index is 0.197. The summed E-state index contributed by atoms with van der Waals surface area (Å²) in [5, 5.41) is 15.8. The quantitative estimate of drug-likeness (QED) is 0.908. The Hall–Kier alpha value is -2.70. The lowest BCUT2D eigenvalue weighted by Crippen LogP contribution is -2.42. The Morgan fingerprint density at radius 3 is 2.74 bits per heavy atom. The highest BCUT2D eigenvalue weighted by molar-refractivity contribution is 6.00. The molecule has 2 aromatic rings. The Kier molecular flexibility index (Phi) is 4.10. The number of carboxylic acid groups (broad SMARTS) is 1. The third-order valence-corrected chi connectivity index (χ3v) is 4.06. The summed E-state index contributed by atoms with van der Waals surface area (Å²) >= 11 is 0. The molecule has 1 amide bonds. The van der Waals surface area contributed by atoms with Gasteiger partial charge in [0.25, 0.3) is 5.91 Å². The molecule has 6 nitrogen and oxygen atoms in total. The van der Waals surface area contributed by atoms with Gasteiger partial charge in [0.05, 0.1) is 23.4 Å². The number of hydrogen-bond donors (Lipinski definition) is 2. The maximum absolute atomic E-state index is 13.0. The number of aromatic amines is 1. The van der Waals surface area contributed by atoms with Gasteiger partial charge in [-0.15, -0.1) is 0 Å². The molecule has 3 rings (SSSR count). The number of nitrogens with zero attached hydrogens (tertiary/aromatic N) is 2. The molecular weight excluding hydrogens is 301 g/mol. The number of carboxylic acids is 1. The number of carbonyl (C=O) groups excluding carboxylic acids is 1. The summed E-state index contributed by atoms with van der Waals surface area (Å²) < 4.78 is 13.0. The largest absolute Gasteiger partial charge is 0.481 e. The molecule has 1 saturated heterocycles. The Bertz CT molecular complexity index is 726.